The Bertz CT molecular complexity index is 936. The van der Waals surface area contributed by atoms with Gasteiger partial charge < -0.3 is 29.8 Å². The van der Waals surface area contributed by atoms with Gasteiger partial charge in [-0.1, -0.05) is 13.8 Å². The number of H-pyrrole nitrogens is 1. The summed E-state index contributed by atoms with van der Waals surface area (Å²) in [6.45, 7) is 9.19. The highest BCUT2D eigenvalue weighted by atomic mass is 16.5. The summed E-state index contributed by atoms with van der Waals surface area (Å²) in [5.41, 5.74) is 2.35. The Hall–Kier alpha value is -2.41. The summed E-state index contributed by atoms with van der Waals surface area (Å²) in [5, 5.41) is 8.17. The molecule has 0 spiro atoms. The van der Waals surface area contributed by atoms with Gasteiger partial charge in [0.1, 0.15) is 11.5 Å². The van der Waals surface area contributed by atoms with E-state index < -0.39 is 0 Å². The molecule has 7 heteroatoms. The van der Waals surface area contributed by atoms with Crippen molar-refractivity contribution in [2.75, 3.05) is 33.9 Å². The van der Waals surface area contributed by atoms with Gasteiger partial charge in [0.2, 0.25) is 0 Å². The van der Waals surface area contributed by atoms with Crippen molar-refractivity contribution in [1.82, 2.24) is 15.6 Å². The van der Waals surface area contributed by atoms with Crippen LogP contribution in [0, 0.1) is 11.3 Å². The van der Waals surface area contributed by atoms with Crippen molar-refractivity contribution in [3.05, 3.63) is 23.9 Å². The molecule has 0 bridgehead atoms. The lowest BCUT2D eigenvalue weighted by Gasteiger charge is -2.54. The smallest absolute Gasteiger partial charge is 0.191 e. The molecular formula is C24H36N4O3. The van der Waals surface area contributed by atoms with Crippen molar-refractivity contribution in [2.45, 2.75) is 52.2 Å². The molecule has 4 rings (SSSR count). The van der Waals surface area contributed by atoms with Crippen molar-refractivity contribution < 1.29 is 14.2 Å². The maximum Gasteiger partial charge on any atom is 0.191 e. The van der Waals surface area contributed by atoms with Crippen LogP contribution < -0.4 is 20.1 Å². The van der Waals surface area contributed by atoms with Crippen molar-refractivity contribution >= 4 is 16.9 Å². The number of benzene rings is 1. The van der Waals surface area contributed by atoms with Crippen LogP contribution in [0.2, 0.25) is 0 Å². The predicted octanol–water partition coefficient (Wildman–Crippen LogP) is 3.49. The van der Waals surface area contributed by atoms with E-state index in [2.05, 4.69) is 42.5 Å². The summed E-state index contributed by atoms with van der Waals surface area (Å²) in [6.07, 6.45) is 3.41. The fourth-order valence-electron chi connectivity index (χ4n) is 5.20. The molecule has 1 aromatic carbocycles. The van der Waals surface area contributed by atoms with Gasteiger partial charge in [-0.15, -0.1) is 0 Å². The zero-order valence-corrected chi connectivity index (χ0v) is 19.4. The van der Waals surface area contributed by atoms with E-state index in [0.29, 0.717) is 18.1 Å². The van der Waals surface area contributed by atoms with Crippen LogP contribution in [-0.2, 0) is 11.2 Å². The molecule has 2 fully saturated rings. The molecule has 31 heavy (non-hydrogen) atoms. The zero-order chi connectivity index (χ0) is 22.0. The van der Waals surface area contributed by atoms with Gasteiger partial charge in [-0.05, 0) is 32.3 Å². The van der Waals surface area contributed by atoms with Crippen LogP contribution in [0.25, 0.3) is 10.9 Å². The maximum absolute atomic E-state index is 5.92. The number of nitrogens with zero attached hydrogens (tertiary/aromatic N) is 1. The van der Waals surface area contributed by atoms with Crippen LogP contribution >= 0.6 is 0 Å². The Morgan fingerprint density at radius 3 is 2.84 bits per heavy atom. The molecular weight excluding hydrogens is 392 g/mol. The number of aromatic nitrogens is 1. The van der Waals surface area contributed by atoms with Crippen molar-refractivity contribution in [2.24, 2.45) is 16.3 Å². The third-order valence-corrected chi connectivity index (χ3v) is 6.80. The number of methoxy groups -OCH3 is 2. The molecule has 3 unspecified atom stereocenters. The zero-order valence-electron chi connectivity index (χ0n) is 19.4. The second-order valence-electron chi connectivity index (χ2n) is 9.14. The normalized spacial score (nSPS) is 24.5. The first-order valence-electron chi connectivity index (χ1n) is 11.4. The lowest BCUT2D eigenvalue weighted by Crippen LogP contribution is -2.67. The number of rotatable bonds is 8. The summed E-state index contributed by atoms with van der Waals surface area (Å²) in [4.78, 5) is 8.33. The second kappa shape index (κ2) is 8.99. The average Bonchev–Trinajstić information content (AvgIpc) is 3.39. The largest absolute Gasteiger partial charge is 0.497 e. The topological polar surface area (TPSA) is 79.9 Å². The Morgan fingerprint density at radius 1 is 1.26 bits per heavy atom. The number of ether oxygens (including phenoxy) is 3. The SMILES string of the molecule is CCNC(=NCCCc1cc2c(OC)cc(OC)cc2[nH]1)NC1C2CCOC2C1(C)C. The Balaban J connectivity index is 1.36. The molecule has 170 valence electrons. The van der Waals surface area contributed by atoms with E-state index >= 15 is 0 Å². The summed E-state index contributed by atoms with van der Waals surface area (Å²) >= 11 is 0. The summed E-state index contributed by atoms with van der Waals surface area (Å²) in [5.74, 6) is 3.12. The van der Waals surface area contributed by atoms with Gasteiger partial charge in [0.15, 0.2) is 5.96 Å². The molecule has 0 radical (unpaired) electrons. The third kappa shape index (κ3) is 4.20. The summed E-state index contributed by atoms with van der Waals surface area (Å²) in [7, 11) is 3.36. The van der Waals surface area contributed by atoms with E-state index in [1.807, 2.05) is 12.1 Å². The quantitative estimate of drug-likeness (QED) is 0.341. The Kier molecular flexibility index (Phi) is 6.32. The van der Waals surface area contributed by atoms with Gasteiger partial charge >= 0.3 is 0 Å². The van der Waals surface area contributed by atoms with E-state index in [1.165, 1.54) is 5.69 Å². The van der Waals surface area contributed by atoms with Crippen molar-refractivity contribution in [3.63, 3.8) is 0 Å². The molecule has 1 aliphatic heterocycles. The van der Waals surface area contributed by atoms with Crippen LogP contribution in [0.5, 0.6) is 11.5 Å². The first-order valence-corrected chi connectivity index (χ1v) is 11.4. The number of fused-ring (bicyclic) bond motifs is 2. The first kappa shape index (κ1) is 21.8. The number of hydrogen-bond donors (Lipinski definition) is 3. The van der Waals surface area contributed by atoms with E-state index in [0.717, 1.165) is 67.3 Å². The van der Waals surface area contributed by atoms with Crippen molar-refractivity contribution in [1.29, 1.82) is 0 Å². The number of hydrogen-bond acceptors (Lipinski definition) is 4. The summed E-state index contributed by atoms with van der Waals surface area (Å²) in [6, 6.07) is 6.50. The fourth-order valence-corrected chi connectivity index (χ4v) is 5.20. The number of nitrogens with one attached hydrogen (secondary N) is 3. The van der Waals surface area contributed by atoms with Crippen LogP contribution in [0.4, 0.5) is 0 Å². The molecule has 1 saturated heterocycles. The minimum absolute atomic E-state index is 0.141. The first-order chi connectivity index (χ1) is 15.0. The highest BCUT2D eigenvalue weighted by Gasteiger charge is 2.59. The number of guanidine groups is 1. The molecule has 2 aliphatic rings. The van der Waals surface area contributed by atoms with E-state index in [9.17, 15) is 0 Å². The molecule has 2 heterocycles. The minimum atomic E-state index is 0.141. The number of aryl methyl sites for hydroxylation is 1. The lowest BCUT2D eigenvalue weighted by atomic mass is 9.57. The minimum Gasteiger partial charge on any atom is -0.497 e. The number of aliphatic imine (C=N–C) groups is 1. The van der Waals surface area contributed by atoms with E-state index in [4.69, 9.17) is 19.2 Å². The van der Waals surface area contributed by atoms with Crippen molar-refractivity contribution in [3.8, 4) is 11.5 Å². The fraction of sp³-hybridized carbons (Fsp3) is 0.625. The van der Waals surface area contributed by atoms with Crippen LogP contribution in [0.15, 0.2) is 23.2 Å². The molecule has 7 nitrogen and oxygen atoms in total. The maximum atomic E-state index is 5.92. The van der Waals surface area contributed by atoms with Crippen LogP contribution in [0.3, 0.4) is 0 Å². The Morgan fingerprint density at radius 2 is 2.10 bits per heavy atom. The monoisotopic (exact) mass is 428 g/mol. The third-order valence-electron chi connectivity index (χ3n) is 6.80. The standard InChI is InChI=1S/C24H36N4O3/c1-6-25-23(28-21-17-9-11-31-22(17)24(21,2)3)26-10-7-8-15-12-18-19(27-15)13-16(29-4)14-20(18)30-5/h12-14,17,21-22,27H,6-11H2,1-5H3,(H2,25,26,28). The highest BCUT2D eigenvalue weighted by molar-refractivity contribution is 5.88. The number of aromatic amines is 1. The highest BCUT2D eigenvalue weighted by Crippen LogP contribution is 2.52. The molecule has 1 saturated carbocycles. The average molecular weight is 429 g/mol. The summed E-state index contributed by atoms with van der Waals surface area (Å²) < 4.78 is 16.8. The van der Waals surface area contributed by atoms with Gasteiger partial charge in [-0.2, -0.15) is 0 Å². The molecule has 3 atom stereocenters. The van der Waals surface area contributed by atoms with Gasteiger partial charge in [-0.25, -0.2) is 0 Å². The van der Waals surface area contributed by atoms with Crippen LogP contribution in [0.1, 0.15) is 39.3 Å². The molecule has 1 aliphatic carbocycles. The van der Waals surface area contributed by atoms with Gasteiger partial charge in [0, 0.05) is 60.3 Å². The van der Waals surface area contributed by atoms with Gasteiger partial charge in [-0.3, -0.25) is 4.99 Å². The van der Waals surface area contributed by atoms with Gasteiger partial charge in [0.25, 0.3) is 0 Å². The van der Waals surface area contributed by atoms with E-state index in [-0.39, 0.29) is 5.41 Å². The molecule has 1 aromatic heterocycles. The van der Waals surface area contributed by atoms with Gasteiger partial charge in [0.05, 0.1) is 25.8 Å². The molecule has 0 amide bonds. The molecule has 2 aromatic rings. The predicted molar refractivity (Wildman–Crippen MR) is 124 cm³/mol. The lowest BCUT2D eigenvalue weighted by molar-refractivity contribution is -0.106. The van der Waals surface area contributed by atoms with Crippen LogP contribution in [-0.4, -0.2) is 57.0 Å². The van der Waals surface area contributed by atoms with E-state index in [1.54, 1.807) is 14.2 Å². The second-order valence-corrected chi connectivity index (χ2v) is 9.14. The molecule has 3 N–H and O–H groups in total. The Labute approximate surface area is 184 Å².